The molecule has 20 heavy (non-hydrogen) atoms. The molecule has 0 aliphatic heterocycles. The molecule has 0 unspecified atom stereocenters. The second-order valence-corrected chi connectivity index (χ2v) is 4.50. The summed E-state index contributed by atoms with van der Waals surface area (Å²) in [7, 11) is 1.76. The molecule has 100 valence electrons. The first-order valence-corrected chi connectivity index (χ1v) is 6.32. The zero-order valence-electron chi connectivity index (χ0n) is 11.3. The summed E-state index contributed by atoms with van der Waals surface area (Å²) in [5.41, 5.74) is 2.53. The average Bonchev–Trinajstić information content (AvgIpc) is 2.48. The molecule has 0 aliphatic carbocycles. The minimum atomic E-state index is -0.164. The number of benzene rings is 2. The van der Waals surface area contributed by atoms with Gasteiger partial charge in [0.15, 0.2) is 0 Å². The number of hydrogen-bond acceptors (Lipinski definition) is 1. The van der Waals surface area contributed by atoms with E-state index in [-0.39, 0.29) is 6.03 Å². The van der Waals surface area contributed by atoms with Crippen molar-refractivity contribution in [3.05, 3.63) is 65.7 Å². The molecule has 0 aromatic heterocycles. The summed E-state index contributed by atoms with van der Waals surface area (Å²) in [6, 6.07) is 16.9. The molecule has 3 heteroatoms. The molecule has 0 spiro atoms. The van der Waals surface area contributed by atoms with Gasteiger partial charge in [-0.1, -0.05) is 42.3 Å². The Hall–Kier alpha value is -2.73. The van der Waals surface area contributed by atoms with Crippen LogP contribution >= 0.6 is 0 Å². The third-order valence-corrected chi connectivity index (χ3v) is 2.89. The van der Waals surface area contributed by atoms with E-state index < -0.39 is 0 Å². The van der Waals surface area contributed by atoms with Crippen molar-refractivity contribution in [1.29, 1.82) is 0 Å². The average molecular weight is 264 g/mol. The highest BCUT2D eigenvalue weighted by Crippen LogP contribution is 2.11. The summed E-state index contributed by atoms with van der Waals surface area (Å²) >= 11 is 0. The fraction of sp³-hybridized carbons (Fsp3) is 0.118. The Bertz CT molecular complexity index is 629. The number of nitrogens with zero attached hydrogens (tertiary/aromatic N) is 1. The van der Waals surface area contributed by atoms with Crippen molar-refractivity contribution < 1.29 is 4.79 Å². The van der Waals surface area contributed by atoms with Crippen LogP contribution in [0.5, 0.6) is 0 Å². The van der Waals surface area contributed by atoms with Gasteiger partial charge in [0.25, 0.3) is 0 Å². The molecule has 0 heterocycles. The lowest BCUT2D eigenvalue weighted by molar-refractivity contribution is 0.220. The van der Waals surface area contributed by atoms with E-state index >= 15 is 0 Å². The SMILES string of the molecule is C#Cc1cccc(NC(=O)N(C)Cc2ccccc2)c1. The summed E-state index contributed by atoms with van der Waals surface area (Å²) in [5.74, 6) is 2.54. The van der Waals surface area contributed by atoms with Crippen LogP contribution in [0.4, 0.5) is 10.5 Å². The molecule has 2 aromatic carbocycles. The van der Waals surface area contributed by atoms with Gasteiger partial charge < -0.3 is 10.2 Å². The Morgan fingerprint density at radius 1 is 1.20 bits per heavy atom. The molecule has 2 aromatic rings. The monoisotopic (exact) mass is 264 g/mol. The molecular weight excluding hydrogens is 248 g/mol. The van der Waals surface area contributed by atoms with Crippen LogP contribution in [-0.4, -0.2) is 18.0 Å². The molecule has 0 saturated carbocycles. The highest BCUT2D eigenvalue weighted by atomic mass is 16.2. The number of urea groups is 1. The Kier molecular flexibility index (Phi) is 4.41. The normalized spacial score (nSPS) is 9.60. The zero-order chi connectivity index (χ0) is 14.4. The van der Waals surface area contributed by atoms with Crippen LogP contribution < -0.4 is 5.32 Å². The second kappa shape index (κ2) is 6.44. The van der Waals surface area contributed by atoms with Crippen LogP contribution in [0, 0.1) is 12.3 Å². The van der Waals surface area contributed by atoms with Crippen molar-refractivity contribution in [3.63, 3.8) is 0 Å². The maximum absolute atomic E-state index is 12.1. The fourth-order valence-corrected chi connectivity index (χ4v) is 1.83. The number of rotatable bonds is 3. The molecule has 0 radical (unpaired) electrons. The molecule has 0 fully saturated rings. The summed E-state index contributed by atoms with van der Waals surface area (Å²) in [5, 5.41) is 2.83. The Morgan fingerprint density at radius 3 is 2.65 bits per heavy atom. The van der Waals surface area contributed by atoms with E-state index in [4.69, 9.17) is 6.42 Å². The maximum Gasteiger partial charge on any atom is 0.321 e. The number of amides is 2. The van der Waals surface area contributed by atoms with Crippen molar-refractivity contribution in [2.45, 2.75) is 6.54 Å². The van der Waals surface area contributed by atoms with Gasteiger partial charge in [0.05, 0.1) is 0 Å². The number of nitrogens with one attached hydrogen (secondary N) is 1. The zero-order valence-corrected chi connectivity index (χ0v) is 11.3. The number of terminal acetylenes is 1. The van der Waals surface area contributed by atoms with Crippen LogP contribution in [0.3, 0.4) is 0 Å². The first-order chi connectivity index (χ1) is 9.69. The quantitative estimate of drug-likeness (QED) is 0.847. The van der Waals surface area contributed by atoms with E-state index in [9.17, 15) is 4.79 Å². The predicted octanol–water partition coefficient (Wildman–Crippen LogP) is 3.33. The lowest BCUT2D eigenvalue weighted by atomic mass is 10.2. The predicted molar refractivity (Wildman–Crippen MR) is 81.3 cm³/mol. The van der Waals surface area contributed by atoms with E-state index in [1.165, 1.54) is 0 Å². The minimum absolute atomic E-state index is 0.164. The van der Waals surface area contributed by atoms with Crippen LogP contribution in [0.2, 0.25) is 0 Å². The summed E-state index contributed by atoms with van der Waals surface area (Å²) < 4.78 is 0. The van der Waals surface area contributed by atoms with Crippen LogP contribution in [-0.2, 0) is 6.54 Å². The minimum Gasteiger partial charge on any atom is -0.323 e. The largest absolute Gasteiger partial charge is 0.323 e. The van der Waals surface area contributed by atoms with Crippen molar-refractivity contribution in [1.82, 2.24) is 4.90 Å². The van der Waals surface area contributed by atoms with Gasteiger partial charge in [-0.3, -0.25) is 0 Å². The lowest BCUT2D eigenvalue weighted by Gasteiger charge is -2.18. The molecule has 2 amide bonds. The van der Waals surface area contributed by atoms with Gasteiger partial charge in [0.2, 0.25) is 0 Å². The van der Waals surface area contributed by atoms with Gasteiger partial charge in [-0.15, -0.1) is 6.42 Å². The van der Waals surface area contributed by atoms with Gasteiger partial charge in [0.1, 0.15) is 0 Å². The Balaban J connectivity index is 1.99. The maximum atomic E-state index is 12.1. The lowest BCUT2D eigenvalue weighted by Crippen LogP contribution is -2.30. The van der Waals surface area contributed by atoms with Crippen LogP contribution in [0.25, 0.3) is 0 Å². The number of carbonyl (C=O) groups excluding carboxylic acids is 1. The Labute approximate surface area is 119 Å². The molecule has 3 nitrogen and oxygen atoms in total. The highest BCUT2D eigenvalue weighted by Gasteiger charge is 2.09. The standard InChI is InChI=1S/C17H16N2O/c1-3-14-10-7-11-16(12-14)18-17(20)19(2)13-15-8-5-4-6-9-15/h1,4-12H,13H2,2H3,(H,18,20). The van der Waals surface area contributed by atoms with Crippen LogP contribution in [0.15, 0.2) is 54.6 Å². The second-order valence-electron chi connectivity index (χ2n) is 4.50. The Morgan fingerprint density at radius 2 is 1.95 bits per heavy atom. The molecule has 1 N–H and O–H groups in total. The van der Waals surface area contributed by atoms with E-state index in [0.717, 1.165) is 11.1 Å². The van der Waals surface area contributed by atoms with E-state index in [2.05, 4.69) is 11.2 Å². The molecule has 0 atom stereocenters. The van der Waals surface area contributed by atoms with E-state index in [0.29, 0.717) is 12.2 Å². The van der Waals surface area contributed by atoms with Gasteiger partial charge in [-0.25, -0.2) is 4.79 Å². The topological polar surface area (TPSA) is 32.3 Å². The summed E-state index contributed by atoms with van der Waals surface area (Å²) in [6.07, 6.45) is 5.34. The summed E-state index contributed by atoms with van der Waals surface area (Å²) in [6.45, 7) is 0.557. The molecule has 0 bridgehead atoms. The van der Waals surface area contributed by atoms with Crippen LogP contribution in [0.1, 0.15) is 11.1 Å². The molecule has 0 saturated heterocycles. The summed E-state index contributed by atoms with van der Waals surface area (Å²) in [4.78, 5) is 13.7. The van der Waals surface area contributed by atoms with Crippen molar-refractivity contribution in [2.75, 3.05) is 12.4 Å². The first-order valence-electron chi connectivity index (χ1n) is 6.32. The van der Waals surface area contributed by atoms with Gasteiger partial charge >= 0.3 is 6.03 Å². The molecular formula is C17H16N2O. The van der Waals surface area contributed by atoms with Crippen molar-refractivity contribution in [2.24, 2.45) is 0 Å². The number of hydrogen-bond donors (Lipinski definition) is 1. The van der Waals surface area contributed by atoms with Gasteiger partial charge in [0, 0.05) is 24.8 Å². The molecule has 0 aliphatic rings. The first kappa shape index (κ1) is 13.7. The third kappa shape index (κ3) is 3.63. The van der Waals surface area contributed by atoms with Gasteiger partial charge in [-0.2, -0.15) is 0 Å². The van der Waals surface area contributed by atoms with Gasteiger partial charge in [-0.05, 0) is 23.8 Å². The van der Waals surface area contributed by atoms with E-state index in [1.54, 1.807) is 18.0 Å². The van der Waals surface area contributed by atoms with Crippen molar-refractivity contribution in [3.8, 4) is 12.3 Å². The number of carbonyl (C=O) groups is 1. The fourth-order valence-electron chi connectivity index (χ4n) is 1.83. The smallest absolute Gasteiger partial charge is 0.321 e. The third-order valence-electron chi connectivity index (χ3n) is 2.89. The highest BCUT2D eigenvalue weighted by molar-refractivity contribution is 5.89. The van der Waals surface area contributed by atoms with E-state index in [1.807, 2.05) is 48.5 Å². The van der Waals surface area contributed by atoms with Crippen molar-refractivity contribution >= 4 is 11.7 Å². The number of anilines is 1. The molecule has 2 rings (SSSR count).